The highest BCUT2D eigenvalue weighted by atomic mass is 19.1. The average molecular weight is 302 g/mol. The topological polar surface area (TPSA) is 73.7 Å². The number of aliphatic hydroxyl groups excluding tert-OH is 1. The van der Waals surface area contributed by atoms with Crippen LogP contribution in [0.3, 0.4) is 0 Å². The highest BCUT2D eigenvalue weighted by molar-refractivity contribution is 5.95. The van der Waals surface area contributed by atoms with E-state index in [-0.39, 0.29) is 18.0 Å². The van der Waals surface area contributed by atoms with Crippen molar-refractivity contribution >= 4 is 5.91 Å². The van der Waals surface area contributed by atoms with E-state index < -0.39 is 23.9 Å². The predicted molar refractivity (Wildman–Crippen MR) is 76.7 cm³/mol. The van der Waals surface area contributed by atoms with E-state index in [0.29, 0.717) is 12.0 Å². The number of aliphatic hydroxyl groups is 1. The van der Waals surface area contributed by atoms with Crippen molar-refractivity contribution < 1.29 is 19.4 Å². The molecular formula is C16H15FN2O3. The Balaban J connectivity index is 1.94. The van der Waals surface area contributed by atoms with Crippen molar-refractivity contribution in [2.45, 2.75) is 18.6 Å². The zero-order valence-corrected chi connectivity index (χ0v) is 11.7. The van der Waals surface area contributed by atoms with Crippen molar-refractivity contribution in [1.29, 1.82) is 0 Å². The summed E-state index contributed by atoms with van der Waals surface area (Å²) in [6, 6.07) is 8.41. The predicted octanol–water partition coefficient (Wildman–Crippen LogP) is 1.87. The summed E-state index contributed by atoms with van der Waals surface area (Å²) in [6.45, 7) is 0.121. The van der Waals surface area contributed by atoms with Crippen LogP contribution < -0.4 is 0 Å². The Bertz CT molecular complexity index is 707. The fourth-order valence-electron chi connectivity index (χ4n) is 2.77. The highest BCUT2D eigenvalue weighted by Gasteiger charge is 2.37. The summed E-state index contributed by atoms with van der Waals surface area (Å²) in [5, 5.41) is 19.7. The Morgan fingerprint density at radius 3 is 2.86 bits per heavy atom. The van der Waals surface area contributed by atoms with Crippen molar-refractivity contribution in [2.75, 3.05) is 6.54 Å². The minimum absolute atomic E-state index is 0.0713. The van der Waals surface area contributed by atoms with Crippen LogP contribution in [0.2, 0.25) is 0 Å². The van der Waals surface area contributed by atoms with Gasteiger partial charge in [0.05, 0.1) is 12.1 Å². The summed E-state index contributed by atoms with van der Waals surface area (Å²) in [6.07, 6.45) is 1.04. The first-order valence-electron chi connectivity index (χ1n) is 6.94. The third kappa shape index (κ3) is 2.65. The number of hydrogen-bond donors (Lipinski definition) is 2. The van der Waals surface area contributed by atoms with Crippen LogP contribution in [0.25, 0.3) is 0 Å². The molecule has 1 aromatic carbocycles. The Labute approximate surface area is 126 Å². The molecule has 5 nitrogen and oxygen atoms in total. The normalized spacial score (nSPS) is 21.1. The van der Waals surface area contributed by atoms with Gasteiger partial charge in [-0.25, -0.2) is 9.37 Å². The third-order valence-electron chi connectivity index (χ3n) is 3.76. The number of hydrogen-bond acceptors (Lipinski definition) is 4. The van der Waals surface area contributed by atoms with E-state index in [1.54, 1.807) is 12.1 Å². The van der Waals surface area contributed by atoms with Crippen LogP contribution in [0.4, 0.5) is 4.39 Å². The van der Waals surface area contributed by atoms with Gasteiger partial charge >= 0.3 is 0 Å². The highest BCUT2D eigenvalue weighted by Crippen LogP contribution is 2.34. The van der Waals surface area contributed by atoms with Gasteiger partial charge in [-0.3, -0.25) is 4.79 Å². The molecule has 0 unspecified atom stereocenters. The summed E-state index contributed by atoms with van der Waals surface area (Å²) >= 11 is 0. The lowest BCUT2D eigenvalue weighted by Crippen LogP contribution is -2.32. The molecule has 1 aliphatic heterocycles. The smallest absolute Gasteiger partial charge is 0.276 e. The van der Waals surface area contributed by atoms with E-state index in [0.717, 1.165) is 0 Å². The Morgan fingerprint density at radius 1 is 1.32 bits per heavy atom. The van der Waals surface area contributed by atoms with Crippen LogP contribution in [0, 0.1) is 5.82 Å². The first-order valence-corrected chi connectivity index (χ1v) is 6.94. The van der Waals surface area contributed by atoms with Gasteiger partial charge < -0.3 is 15.1 Å². The SMILES string of the molecule is O=C(c1ncccc1O)N1C[C@@H](O)C[C@@H]1c1cccc(F)c1. The zero-order chi connectivity index (χ0) is 15.7. The molecule has 22 heavy (non-hydrogen) atoms. The maximum Gasteiger partial charge on any atom is 0.276 e. The molecule has 2 N–H and O–H groups in total. The maximum absolute atomic E-state index is 13.4. The van der Waals surface area contributed by atoms with Crippen molar-refractivity contribution in [1.82, 2.24) is 9.88 Å². The van der Waals surface area contributed by atoms with E-state index in [2.05, 4.69) is 4.98 Å². The van der Waals surface area contributed by atoms with Crippen LogP contribution in [0.15, 0.2) is 42.6 Å². The van der Waals surface area contributed by atoms with E-state index >= 15 is 0 Å². The van der Waals surface area contributed by atoms with E-state index in [1.807, 2.05) is 0 Å². The number of aromatic hydroxyl groups is 1. The summed E-state index contributed by atoms with van der Waals surface area (Å²) in [5.41, 5.74) is 0.540. The standard InChI is InChI=1S/C16H15FN2O3/c17-11-4-1-3-10(7-11)13-8-12(20)9-19(13)16(22)15-14(21)5-2-6-18-15/h1-7,12-13,20-21H,8-9H2/t12-,13+/m0/s1. The lowest BCUT2D eigenvalue weighted by atomic mass is 10.0. The van der Waals surface area contributed by atoms with E-state index in [4.69, 9.17) is 0 Å². The molecule has 0 bridgehead atoms. The second-order valence-corrected chi connectivity index (χ2v) is 5.29. The molecule has 1 aliphatic rings. The van der Waals surface area contributed by atoms with Crippen molar-refractivity contribution in [3.63, 3.8) is 0 Å². The van der Waals surface area contributed by atoms with Crippen LogP contribution in [0.5, 0.6) is 5.75 Å². The molecule has 0 radical (unpaired) electrons. The molecule has 1 fully saturated rings. The molecule has 0 aliphatic carbocycles. The van der Waals surface area contributed by atoms with Crippen LogP contribution in [-0.4, -0.2) is 38.7 Å². The lowest BCUT2D eigenvalue weighted by Gasteiger charge is -2.24. The van der Waals surface area contributed by atoms with Crippen molar-refractivity contribution in [2.24, 2.45) is 0 Å². The number of aromatic nitrogens is 1. The van der Waals surface area contributed by atoms with Crippen molar-refractivity contribution in [3.05, 3.63) is 59.7 Å². The second kappa shape index (κ2) is 5.73. The van der Waals surface area contributed by atoms with E-state index in [1.165, 1.54) is 35.4 Å². The minimum Gasteiger partial charge on any atom is -0.505 e. The number of pyridine rings is 1. The maximum atomic E-state index is 13.4. The molecule has 2 heterocycles. The number of nitrogens with zero attached hydrogens (tertiary/aromatic N) is 2. The number of halogens is 1. The molecular weight excluding hydrogens is 287 g/mol. The van der Waals surface area contributed by atoms with Gasteiger partial charge in [0.2, 0.25) is 0 Å². The van der Waals surface area contributed by atoms with Crippen LogP contribution in [0.1, 0.15) is 28.5 Å². The number of carbonyl (C=O) groups is 1. The van der Waals surface area contributed by atoms with Crippen molar-refractivity contribution in [3.8, 4) is 5.75 Å². The average Bonchev–Trinajstić information content (AvgIpc) is 2.89. The molecule has 0 saturated carbocycles. The second-order valence-electron chi connectivity index (χ2n) is 5.29. The minimum atomic E-state index is -0.692. The summed E-state index contributed by atoms with van der Waals surface area (Å²) in [5.74, 6) is -1.09. The fraction of sp³-hybridized carbons (Fsp3) is 0.250. The molecule has 114 valence electrons. The number of rotatable bonds is 2. The molecule has 1 amide bonds. The Morgan fingerprint density at radius 2 is 2.14 bits per heavy atom. The van der Waals surface area contributed by atoms with Gasteiger partial charge in [-0.2, -0.15) is 0 Å². The first-order chi connectivity index (χ1) is 10.6. The number of likely N-dealkylation sites (tertiary alicyclic amines) is 1. The lowest BCUT2D eigenvalue weighted by molar-refractivity contribution is 0.0706. The van der Waals surface area contributed by atoms with Gasteiger partial charge in [0, 0.05) is 12.7 Å². The van der Waals surface area contributed by atoms with Gasteiger partial charge in [-0.15, -0.1) is 0 Å². The number of carbonyl (C=O) groups excluding carboxylic acids is 1. The molecule has 2 atom stereocenters. The van der Waals surface area contributed by atoms with Crippen LogP contribution >= 0.6 is 0 Å². The third-order valence-corrected chi connectivity index (χ3v) is 3.76. The quantitative estimate of drug-likeness (QED) is 0.888. The number of β-amino-alcohol motifs (C(OH)–C–C–N with tert-alkyl or cyclic N) is 1. The molecule has 1 aromatic heterocycles. The monoisotopic (exact) mass is 302 g/mol. The van der Waals surface area contributed by atoms with Gasteiger partial charge in [0.25, 0.3) is 5.91 Å². The first kappa shape index (κ1) is 14.5. The van der Waals surface area contributed by atoms with E-state index in [9.17, 15) is 19.4 Å². The number of benzene rings is 1. The van der Waals surface area contributed by atoms with Gasteiger partial charge in [-0.1, -0.05) is 12.1 Å². The van der Waals surface area contributed by atoms with Crippen LogP contribution in [-0.2, 0) is 0 Å². The summed E-state index contributed by atoms with van der Waals surface area (Å²) < 4.78 is 13.4. The molecule has 6 heteroatoms. The summed E-state index contributed by atoms with van der Waals surface area (Å²) in [4.78, 5) is 17.9. The van der Waals surface area contributed by atoms with Gasteiger partial charge in [0.15, 0.2) is 5.69 Å². The Hall–Kier alpha value is -2.47. The van der Waals surface area contributed by atoms with Gasteiger partial charge in [-0.05, 0) is 36.2 Å². The largest absolute Gasteiger partial charge is 0.505 e. The number of amides is 1. The Kier molecular flexibility index (Phi) is 3.77. The summed E-state index contributed by atoms with van der Waals surface area (Å²) in [7, 11) is 0. The molecule has 0 spiro atoms. The molecule has 2 aromatic rings. The molecule has 1 saturated heterocycles. The van der Waals surface area contributed by atoms with Gasteiger partial charge in [0.1, 0.15) is 11.6 Å². The molecule has 3 rings (SSSR count). The fourth-order valence-corrected chi connectivity index (χ4v) is 2.77. The zero-order valence-electron chi connectivity index (χ0n) is 11.7.